The van der Waals surface area contributed by atoms with Crippen LogP contribution < -0.4 is 4.74 Å². The predicted molar refractivity (Wildman–Crippen MR) is 87.8 cm³/mol. The van der Waals surface area contributed by atoms with Crippen LogP contribution in [0.3, 0.4) is 0 Å². The van der Waals surface area contributed by atoms with Gasteiger partial charge in [0.1, 0.15) is 11.4 Å². The Morgan fingerprint density at radius 2 is 1.82 bits per heavy atom. The Hall–Kier alpha value is -2.85. The van der Waals surface area contributed by atoms with Gasteiger partial charge < -0.3 is 19.8 Å². The number of amides is 1. The van der Waals surface area contributed by atoms with Crippen LogP contribution in [0, 0.1) is 11.3 Å². The second kappa shape index (κ2) is 8.03. The zero-order valence-electron chi connectivity index (χ0n) is 14.9. The molecule has 28 heavy (non-hydrogen) atoms. The second-order valence-electron chi connectivity index (χ2n) is 6.63. The van der Waals surface area contributed by atoms with Gasteiger partial charge in [-0.05, 0) is 30.7 Å². The number of methoxy groups -OCH3 is 1. The molecule has 0 bridgehead atoms. The number of carbonyl (C=O) groups is 3. The van der Waals surface area contributed by atoms with E-state index in [0.717, 1.165) is 19.3 Å². The minimum Gasteiger partial charge on any atom is -0.497 e. The maximum atomic E-state index is 12.4. The van der Waals surface area contributed by atoms with Gasteiger partial charge in [0.25, 0.3) is 5.91 Å². The van der Waals surface area contributed by atoms with Gasteiger partial charge in [-0.25, -0.2) is 4.79 Å². The van der Waals surface area contributed by atoms with Crippen molar-refractivity contribution in [1.29, 1.82) is 0 Å². The molecule has 1 atom stereocenters. The molecular weight excluding hydrogens is 385 g/mol. The molecule has 1 aromatic rings. The average molecular weight is 404 g/mol. The molecule has 1 unspecified atom stereocenters. The lowest BCUT2D eigenvalue weighted by atomic mass is 9.90. The Kier molecular flexibility index (Phi) is 6.15. The lowest BCUT2D eigenvalue weighted by molar-refractivity contribution is -0.192. The largest absolute Gasteiger partial charge is 0.497 e. The maximum Gasteiger partial charge on any atom is 0.490 e. The first-order chi connectivity index (χ1) is 13.0. The molecule has 3 rings (SSSR count). The third kappa shape index (κ3) is 4.90. The van der Waals surface area contributed by atoms with E-state index in [1.165, 1.54) is 0 Å². The lowest BCUT2D eigenvalue weighted by Gasteiger charge is -2.32. The summed E-state index contributed by atoms with van der Waals surface area (Å²) in [6.07, 6.45) is -1.25. The molecule has 1 saturated carbocycles. The van der Waals surface area contributed by atoms with Crippen molar-refractivity contribution in [3.8, 4) is 5.75 Å². The van der Waals surface area contributed by atoms with E-state index < -0.39 is 18.1 Å². The number of likely N-dealkylation sites (tertiary alicyclic amines) is 1. The fourth-order valence-corrected chi connectivity index (χ4v) is 3.22. The Morgan fingerprint density at radius 1 is 1.25 bits per heavy atom. The van der Waals surface area contributed by atoms with Crippen LogP contribution in [0.25, 0.3) is 0 Å². The molecule has 2 heterocycles. The van der Waals surface area contributed by atoms with Crippen molar-refractivity contribution in [2.45, 2.75) is 25.4 Å². The number of pyridine rings is 1. The molecule has 1 aliphatic carbocycles. The number of hydrogen-bond acceptors (Lipinski definition) is 5. The van der Waals surface area contributed by atoms with Crippen LogP contribution in [0.5, 0.6) is 5.75 Å². The van der Waals surface area contributed by atoms with E-state index >= 15 is 0 Å². The number of halogens is 3. The van der Waals surface area contributed by atoms with Gasteiger partial charge in [-0.2, -0.15) is 13.2 Å². The smallest absolute Gasteiger partial charge is 0.490 e. The molecule has 1 aromatic heterocycles. The SMILES string of the molecule is COc1ccnc(C(=O)N2CCC3(CC2)CC3C(=O)O)c1.O=C(O)C(F)(F)F. The number of carbonyl (C=O) groups excluding carboxylic acids is 1. The highest BCUT2D eigenvalue weighted by Crippen LogP contribution is 2.59. The van der Waals surface area contributed by atoms with Crippen LogP contribution in [0.1, 0.15) is 29.8 Å². The van der Waals surface area contributed by atoms with Crippen molar-refractivity contribution in [2.75, 3.05) is 20.2 Å². The lowest BCUT2D eigenvalue weighted by Crippen LogP contribution is -2.40. The van der Waals surface area contributed by atoms with E-state index in [0.29, 0.717) is 24.5 Å². The molecule has 1 saturated heterocycles. The minimum absolute atomic E-state index is 0.0651. The summed E-state index contributed by atoms with van der Waals surface area (Å²) < 4.78 is 36.8. The summed E-state index contributed by atoms with van der Waals surface area (Å²) in [5.41, 5.74) is 0.306. The summed E-state index contributed by atoms with van der Waals surface area (Å²) in [7, 11) is 1.55. The standard InChI is InChI=1S/C15H18N2O4.C2HF3O2/c1-21-10-2-5-16-12(8-10)13(18)17-6-3-15(4-7-17)9-11(15)14(19)20;3-2(4,5)1(6)7/h2,5,8,11H,3-4,6-7,9H2,1H3,(H,19,20);(H,6,7). The number of rotatable bonds is 3. The molecule has 8 nitrogen and oxygen atoms in total. The van der Waals surface area contributed by atoms with Crippen molar-refractivity contribution in [1.82, 2.24) is 9.88 Å². The van der Waals surface area contributed by atoms with Crippen molar-refractivity contribution >= 4 is 17.8 Å². The number of aromatic nitrogens is 1. The molecule has 2 N–H and O–H groups in total. The fourth-order valence-electron chi connectivity index (χ4n) is 3.22. The van der Waals surface area contributed by atoms with Crippen molar-refractivity contribution < 1.29 is 42.5 Å². The Bertz CT molecular complexity index is 760. The third-order valence-corrected chi connectivity index (χ3v) is 4.96. The zero-order chi connectivity index (χ0) is 21.1. The second-order valence-corrected chi connectivity index (χ2v) is 6.63. The van der Waals surface area contributed by atoms with Crippen LogP contribution in [0.2, 0.25) is 0 Å². The molecule has 2 aliphatic rings. The number of nitrogens with zero attached hydrogens (tertiary/aromatic N) is 2. The first-order valence-corrected chi connectivity index (χ1v) is 8.32. The summed E-state index contributed by atoms with van der Waals surface area (Å²) in [5.74, 6) is -3.19. The molecule has 1 spiro atoms. The van der Waals surface area contributed by atoms with Gasteiger partial charge in [0.05, 0.1) is 13.0 Å². The van der Waals surface area contributed by atoms with Gasteiger partial charge in [0.2, 0.25) is 0 Å². The number of carboxylic acid groups (broad SMARTS) is 2. The predicted octanol–water partition coefficient (Wildman–Crippen LogP) is 2.05. The van der Waals surface area contributed by atoms with Gasteiger partial charge in [-0.3, -0.25) is 14.6 Å². The van der Waals surface area contributed by atoms with Gasteiger partial charge in [0, 0.05) is 25.4 Å². The molecule has 2 fully saturated rings. The average Bonchev–Trinajstić information content (AvgIpc) is 3.35. The van der Waals surface area contributed by atoms with Crippen LogP contribution in [0.4, 0.5) is 13.2 Å². The quantitative estimate of drug-likeness (QED) is 0.792. The number of piperidine rings is 1. The summed E-state index contributed by atoms with van der Waals surface area (Å²) in [5, 5.41) is 16.2. The van der Waals surface area contributed by atoms with Crippen molar-refractivity contribution in [3.63, 3.8) is 0 Å². The zero-order valence-corrected chi connectivity index (χ0v) is 14.9. The van der Waals surface area contributed by atoms with E-state index in [2.05, 4.69) is 4.98 Å². The highest BCUT2D eigenvalue weighted by molar-refractivity contribution is 5.92. The maximum absolute atomic E-state index is 12.4. The van der Waals surface area contributed by atoms with E-state index in [9.17, 15) is 22.8 Å². The highest BCUT2D eigenvalue weighted by Gasteiger charge is 2.59. The monoisotopic (exact) mass is 404 g/mol. The third-order valence-electron chi connectivity index (χ3n) is 4.96. The molecule has 154 valence electrons. The van der Waals surface area contributed by atoms with Crippen LogP contribution >= 0.6 is 0 Å². The number of ether oxygens (including phenoxy) is 1. The van der Waals surface area contributed by atoms with Gasteiger partial charge >= 0.3 is 18.1 Å². The summed E-state index contributed by atoms with van der Waals surface area (Å²) in [6.45, 7) is 1.20. The van der Waals surface area contributed by atoms with Gasteiger partial charge in [-0.1, -0.05) is 0 Å². The summed E-state index contributed by atoms with van der Waals surface area (Å²) in [4.78, 5) is 38.2. The number of alkyl halides is 3. The summed E-state index contributed by atoms with van der Waals surface area (Å²) >= 11 is 0. The van der Waals surface area contributed by atoms with Crippen LogP contribution in [0.15, 0.2) is 18.3 Å². The van der Waals surface area contributed by atoms with E-state index in [1.54, 1.807) is 30.3 Å². The Balaban J connectivity index is 0.000000345. The first-order valence-electron chi connectivity index (χ1n) is 8.32. The summed E-state index contributed by atoms with van der Waals surface area (Å²) in [6, 6.07) is 3.33. The van der Waals surface area contributed by atoms with Gasteiger partial charge in [-0.15, -0.1) is 0 Å². The molecule has 1 amide bonds. The highest BCUT2D eigenvalue weighted by atomic mass is 19.4. The number of aliphatic carboxylic acids is 2. The Labute approximate surface area is 157 Å². The van der Waals surface area contributed by atoms with Crippen LogP contribution in [-0.4, -0.2) is 64.3 Å². The van der Waals surface area contributed by atoms with Crippen molar-refractivity contribution in [2.24, 2.45) is 11.3 Å². The normalized spacial score (nSPS) is 20.0. The van der Waals surface area contributed by atoms with Crippen LogP contribution in [-0.2, 0) is 9.59 Å². The fraction of sp³-hybridized carbons (Fsp3) is 0.529. The van der Waals surface area contributed by atoms with E-state index in [1.807, 2.05) is 0 Å². The van der Waals surface area contributed by atoms with Crippen molar-refractivity contribution in [3.05, 3.63) is 24.0 Å². The number of carboxylic acids is 2. The molecule has 0 radical (unpaired) electrons. The van der Waals surface area contributed by atoms with Gasteiger partial charge in [0.15, 0.2) is 0 Å². The minimum atomic E-state index is -5.08. The first kappa shape index (κ1) is 21.5. The molecule has 11 heteroatoms. The molecule has 0 aromatic carbocycles. The van der Waals surface area contributed by atoms with E-state index in [-0.39, 0.29) is 17.2 Å². The Morgan fingerprint density at radius 3 is 2.25 bits per heavy atom. The topological polar surface area (TPSA) is 117 Å². The van der Waals surface area contributed by atoms with E-state index in [4.69, 9.17) is 19.7 Å². The molecular formula is C17H19F3N2O6. The number of hydrogen-bond donors (Lipinski definition) is 2. The molecule has 1 aliphatic heterocycles.